The number of hydrogen-bond donors (Lipinski definition) is 0. The largest absolute Gasteiger partial charge is 0.368 e. The molecule has 0 spiro atoms. The number of thioether (sulfide) groups is 1. The first-order chi connectivity index (χ1) is 11.2. The van der Waals surface area contributed by atoms with Gasteiger partial charge in [-0.15, -0.1) is 11.8 Å². The minimum Gasteiger partial charge on any atom is -0.368 e. The molecule has 2 aromatic rings. The Labute approximate surface area is 149 Å². The minimum atomic E-state index is 0.227. The molecule has 0 unspecified atom stereocenters. The van der Waals surface area contributed by atoms with Gasteiger partial charge < -0.3 is 9.80 Å². The number of carbonyl (C=O) groups excluding carboxylic acids is 1. The number of amides is 1. The van der Waals surface area contributed by atoms with E-state index in [9.17, 15) is 4.79 Å². The van der Waals surface area contributed by atoms with E-state index in [1.54, 1.807) is 11.8 Å². The monoisotopic (exact) mass is 390 g/mol. The van der Waals surface area contributed by atoms with Gasteiger partial charge in [-0.25, -0.2) is 0 Å². The van der Waals surface area contributed by atoms with Crippen LogP contribution in [-0.4, -0.2) is 42.7 Å². The van der Waals surface area contributed by atoms with E-state index in [-0.39, 0.29) is 5.91 Å². The van der Waals surface area contributed by atoms with Gasteiger partial charge in [-0.1, -0.05) is 34.1 Å². The first kappa shape index (κ1) is 16.4. The zero-order valence-corrected chi connectivity index (χ0v) is 15.2. The molecule has 0 radical (unpaired) electrons. The van der Waals surface area contributed by atoms with Crippen LogP contribution in [0.1, 0.15) is 0 Å². The summed E-state index contributed by atoms with van der Waals surface area (Å²) in [5, 5.41) is 0. The Kier molecular flexibility index (Phi) is 5.62. The van der Waals surface area contributed by atoms with Crippen LogP contribution in [0.4, 0.5) is 5.69 Å². The van der Waals surface area contributed by atoms with Gasteiger partial charge in [0.05, 0.1) is 5.75 Å². The molecule has 1 amide bonds. The van der Waals surface area contributed by atoms with Crippen molar-refractivity contribution in [2.24, 2.45) is 0 Å². The van der Waals surface area contributed by atoms with Crippen LogP contribution in [0.2, 0.25) is 0 Å². The summed E-state index contributed by atoms with van der Waals surface area (Å²) in [6.45, 7) is 3.40. The average molecular weight is 391 g/mol. The summed E-state index contributed by atoms with van der Waals surface area (Å²) in [5.41, 5.74) is 1.24. The fourth-order valence-electron chi connectivity index (χ4n) is 2.62. The van der Waals surface area contributed by atoms with E-state index in [2.05, 4.69) is 45.1 Å². The first-order valence-electron chi connectivity index (χ1n) is 7.68. The third-order valence-electron chi connectivity index (χ3n) is 3.93. The van der Waals surface area contributed by atoms with Gasteiger partial charge in [0.2, 0.25) is 5.91 Å². The number of carbonyl (C=O) groups is 1. The van der Waals surface area contributed by atoms with Crippen molar-refractivity contribution in [3.05, 3.63) is 59.1 Å². The summed E-state index contributed by atoms with van der Waals surface area (Å²) in [6.07, 6.45) is 0. The summed E-state index contributed by atoms with van der Waals surface area (Å²) in [6, 6.07) is 18.5. The molecule has 1 aliphatic rings. The zero-order chi connectivity index (χ0) is 16.1. The maximum absolute atomic E-state index is 12.4. The molecule has 0 saturated carbocycles. The van der Waals surface area contributed by atoms with Gasteiger partial charge in [0.1, 0.15) is 0 Å². The van der Waals surface area contributed by atoms with Gasteiger partial charge in [0.25, 0.3) is 0 Å². The van der Waals surface area contributed by atoms with Crippen LogP contribution in [0.25, 0.3) is 0 Å². The van der Waals surface area contributed by atoms with Crippen molar-refractivity contribution in [2.75, 3.05) is 36.8 Å². The van der Waals surface area contributed by atoms with E-state index < -0.39 is 0 Å². The Morgan fingerprint density at radius 2 is 1.61 bits per heavy atom. The van der Waals surface area contributed by atoms with Crippen LogP contribution in [0.3, 0.4) is 0 Å². The van der Waals surface area contributed by atoms with E-state index in [1.165, 1.54) is 5.69 Å². The molecule has 0 N–H and O–H groups in total. The number of piperazine rings is 1. The van der Waals surface area contributed by atoms with Crippen LogP contribution >= 0.6 is 27.7 Å². The number of benzene rings is 2. The van der Waals surface area contributed by atoms with Crippen LogP contribution in [0.5, 0.6) is 0 Å². The van der Waals surface area contributed by atoms with Crippen molar-refractivity contribution in [3.8, 4) is 0 Å². The topological polar surface area (TPSA) is 23.6 Å². The van der Waals surface area contributed by atoms with Crippen molar-refractivity contribution in [3.63, 3.8) is 0 Å². The number of rotatable bonds is 4. The lowest BCUT2D eigenvalue weighted by molar-refractivity contribution is -0.128. The van der Waals surface area contributed by atoms with Crippen LogP contribution in [-0.2, 0) is 4.79 Å². The van der Waals surface area contributed by atoms with Crippen LogP contribution in [0.15, 0.2) is 64.0 Å². The molecule has 1 aliphatic heterocycles. The van der Waals surface area contributed by atoms with Crippen LogP contribution in [0, 0.1) is 0 Å². The van der Waals surface area contributed by atoms with Gasteiger partial charge >= 0.3 is 0 Å². The van der Waals surface area contributed by atoms with Crippen molar-refractivity contribution >= 4 is 39.3 Å². The summed E-state index contributed by atoms with van der Waals surface area (Å²) in [7, 11) is 0. The molecule has 0 atom stereocenters. The zero-order valence-electron chi connectivity index (χ0n) is 12.8. The molecule has 3 rings (SSSR count). The molecule has 1 fully saturated rings. The fourth-order valence-corrected chi connectivity index (χ4v) is 3.69. The van der Waals surface area contributed by atoms with Gasteiger partial charge in [0, 0.05) is 41.2 Å². The Bertz CT molecular complexity index is 640. The molecule has 3 nitrogen and oxygen atoms in total. The molecule has 0 aliphatic carbocycles. The predicted molar refractivity (Wildman–Crippen MR) is 100 cm³/mol. The first-order valence-corrected chi connectivity index (χ1v) is 9.46. The fraction of sp³-hybridized carbons (Fsp3) is 0.278. The lowest BCUT2D eigenvalue weighted by Crippen LogP contribution is -2.49. The second kappa shape index (κ2) is 7.88. The molecule has 5 heteroatoms. The Hall–Kier alpha value is -1.46. The lowest BCUT2D eigenvalue weighted by Gasteiger charge is -2.36. The van der Waals surface area contributed by atoms with Gasteiger partial charge in [-0.05, 0) is 36.4 Å². The van der Waals surface area contributed by atoms with E-state index >= 15 is 0 Å². The van der Waals surface area contributed by atoms with Crippen LogP contribution < -0.4 is 4.90 Å². The number of anilines is 1. The molecule has 23 heavy (non-hydrogen) atoms. The maximum Gasteiger partial charge on any atom is 0.233 e. The summed E-state index contributed by atoms with van der Waals surface area (Å²) < 4.78 is 1.06. The number of hydrogen-bond acceptors (Lipinski definition) is 3. The number of para-hydroxylation sites is 1. The van der Waals surface area contributed by atoms with Crippen molar-refractivity contribution in [1.29, 1.82) is 0 Å². The van der Waals surface area contributed by atoms with Gasteiger partial charge in [0.15, 0.2) is 0 Å². The highest BCUT2D eigenvalue weighted by molar-refractivity contribution is 9.10. The second-order valence-corrected chi connectivity index (χ2v) is 7.41. The summed E-state index contributed by atoms with van der Waals surface area (Å²) in [4.78, 5) is 17.8. The number of nitrogens with zero attached hydrogens (tertiary/aromatic N) is 2. The van der Waals surface area contributed by atoms with Gasteiger partial charge in [-0.2, -0.15) is 0 Å². The second-order valence-electron chi connectivity index (χ2n) is 5.45. The number of halogens is 1. The highest BCUT2D eigenvalue weighted by Gasteiger charge is 2.21. The molecular formula is C18H19BrN2OS. The third-order valence-corrected chi connectivity index (χ3v) is 5.46. The van der Waals surface area contributed by atoms with E-state index in [4.69, 9.17) is 0 Å². The summed E-state index contributed by atoms with van der Waals surface area (Å²) >= 11 is 5.03. The molecule has 0 bridgehead atoms. The normalized spacial score (nSPS) is 14.8. The third kappa shape index (κ3) is 4.52. The van der Waals surface area contributed by atoms with E-state index in [1.807, 2.05) is 35.2 Å². The Morgan fingerprint density at radius 3 is 2.26 bits per heavy atom. The summed E-state index contributed by atoms with van der Waals surface area (Å²) in [5.74, 6) is 0.734. The predicted octanol–water partition coefficient (Wildman–Crippen LogP) is 3.89. The Morgan fingerprint density at radius 1 is 0.957 bits per heavy atom. The highest BCUT2D eigenvalue weighted by atomic mass is 79.9. The molecule has 1 saturated heterocycles. The van der Waals surface area contributed by atoms with Crippen molar-refractivity contribution in [1.82, 2.24) is 4.90 Å². The molecular weight excluding hydrogens is 372 g/mol. The molecule has 2 aromatic carbocycles. The van der Waals surface area contributed by atoms with Gasteiger partial charge in [-0.3, -0.25) is 4.79 Å². The molecule has 120 valence electrons. The minimum absolute atomic E-state index is 0.227. The maximum atomic E-state index is 12.4. The smallest absolute Gasteiger partial charge is 0.233 e. The standard InChI is InChI=1S/C18H19BrN2OS/c19-15-6-8-17(9-7-15)23-14-18(22)21-12-10-20(11-13-21)16-4-2-1-3-5-16/h1-9H,10-14H2. The van der Waals surface area contributed by atoms with E-state index in [0.29, 0.717) is 5.75 Å². The SMILES string of the molecule is O=C(CSc1ccc(Br)cc1)N1CCN(c2ccccc2)CC1. The quantitative estimate of drug-likeness (QED) is 0.739. The van der Waals surface area contributed by atoms with Crippen molar-refractivity contribution < 1.29 is 4.79 Å². The van der Waals surface area contributed by atoms with Crippen molar-refractivity contribution in [2.45, 2.75) is 4.90 Å². The van der Waals surface area contributed by atoms with E-state index in [0.717, 1.165) is 35.5 Å². The Balaban J connectivity index is 1.47. The average Bonchev–Trinajstić information content (AvgIpc) is 2.62. The lowest BCUT2D eigenvalue weighted by atomic mass is 10.2. The molecule has 1 heterocycles. The molecule has 0 aromatic heterocycles. The highest BCUT2D eigenvalue weighted by Crippen LogP contribution is 2.21.